The first kappa shape index (κ1) is 21.6. The van der Waals surface area contributed by atoms with Crippen LogP contribution in [0.25, 0.3) is 0 Å². The van der Waals surface area contributed by atoms with Gasteiger partial charge in [0.1, 0.15) is 17.6 Å². The highest BCUT2D eigenvalue weighted by Gasteiger charge is 2.31. The van der Waals surface area contributed by atoms with Gasteiger partial charge in [0.15, 0.2) is 0 Å². The predicted octanol–water partition coefficient (Wildman–Crippen LogP) is 2.15. The molecule has 8 nitrogen and oxygen atoms in total. The van der Waals surface area contributed by atoms with Crippen molar-refractivity contribution >= 4 is 29.1 Å². The number of aliphatic imine (C=N–C) groups is 1. The number of ether oxygens (including phenoxy) is 1. The van der Waals surface area contributed by atoms with Crippen molar-refractivity contribution in [1.29, 1.82) is 0 Å². The molecule has 2 N–H and O–H groups in total. The van der Waals surface area contributed by atoms with Crippen LogP contribution in [-0.2, 0) is 9.59 Å². The van der Waals surface area contributed by atoms with Crippen LogP contribution in [0.5, 0.6) is 5.75 Å². The number of aryl methyl sites for hydroxylation is 1. The minimum absolute atomic E-state index is 0.0291. The molecule has 1 fully saturated rings. The predicted molar refractivity (Wildman–Crippen MR) is 121 cm³/mol. The molecule has 0 radical (unpaired) electrons. The van der Waals surface area contributed by atoms with E-state index in [9.17, 15) is 14.0 Å². The highest BCUT2D eigenvalue weighted by Crippen LogP contribution is 2.26. The summed E-state index contributed by atoms with van der Waals surface area (Å²) in [4.78, 5) is 33.6. The van der Waals surface area contributed by atoms with E-state index < -0.39 is 6.04 Å². The molecular weight excluding hydrogens is 413 g/mol. The molecule has 0 spiro atoms. The second kappa shape index (κ2) is 9.25. The van der Waals surface area contributed by atoms with Gasteiger partial charge in [0.2, 0.25) is 17.8 Å². The number of methoxy groups -OCH3 is 1. The molecule has 2 heterocycles. The number of amides is 2. The Morgan fingerprint density at radius 3 is 2.59 bits per heavy atom. The van der Waals surface area contributed by atoms with Crippen LogP contribution in [0.4, 0.5) is 15.8 Å². The first-order valence-electron chi connectivity index (χ1n) is 10.5. The summed E-state index contributed by atoms with van der Waals surface area (Å²) in [5, 5.41) is 5.60. The quantitative estimate of drug-likeness (QED) is 0.763. The van der Waals surface area contributed by atoms with Crippen LogP contribution in [-0.4, -0.2) is 62.0 Å². The number of carbonyl (C=O) groups excluding carboxylic acids is 2. The summed E-state index contributed by atoms with van der Waals surface area (Å²) in [5.74, 6) is 0.0326. The molecule has 0 saturated carbocycles. The zero-order valence-corrected chi connectivity index (χ0v) is 18.1. The van der Waals surface area contributed by atoms with E-state index in [-0.39, 0.29) is 24.1 Å². The third-order valence-electron chi connectivity index (χ3n) is 5.60. The van der Waals surface area contributed by atoms with Crippen LogP contribution in [0.2, 0.25) is 0 Å². The third kappa shape index (κ3) is 4.66. The molecule has 2 aliphatic rings. The summed E-state index contributed by atoms with van der Waals surface area (Å²) >= 11 is 0. The Bertz CT molecular complexity index is 1050. The van der Waals surface area contributed by atoms with Gasteiger partial charge in [0.25, 0.3) is 0 Å². The standard InChI is InChI=1S/C23H26FN5O3/c1-15-7-8-20(32-2)17(13-15)25-22(31)18-14-21(30)27-23(26-18)29-11-9-28(10-12-29)19-6-4-3-5-16(19)24/h3-8,13,18H,9-12,14H2,1-2H3,(H,25,31)(H,26,27,30)/t18-/m1/s1. The molecule has 2 amide bonds. The van der Waals surface area contributed by atoms with Crippen LogP contribution in [0, 0.1) is 12.7 Å². The molecule has 168 valence electrons. The normalized spacial score (nSPS) is 18.7. The van der Waals surface area contributed by atoms with Gasteiger partial charge in [-0.1, -0.05) is 18.2 Å². The summed E-state index contributed by atoms with van der Waals surface area (Å²) in [7, 11) is 1.53. The van der Waals surface area contributed by atoms with Crippen LogP contribution in [0.1, 0.15) is 12.0 Å². The number of halogens is 1. The molecule has 2 aromatic rings. The van der Waals surface area contributed by atoms with Gasteiger partial charge >= 0.3 is 0 Å². The number of hydrogen-bond donors (Lipinski definition) is 2. The number of anilines is 2. The number of hydrogen-bond acceptors (Lipinski definition) is 6. The van der Waals surface area contributed by atoms with Gasteiger partial charge in [-0.15, -0.1) is 0 Å². The molecule has 0 aromatic heterocycles. The summed E-state index contributed by atoms with van der Waals surface area (Å²) in [6.07, 6.45) is -0.0291. The van der Waals surface area contributed by atoms with E-state index in [0.29, 0.717) is 49.3 Å². The minimum atomic E-state index is -0.839. The van der Waals surface area contributed by atoms with Crippen molar-refractivity contribution in [1.82, 2.24) is 10.2 Å². The lowest BCUT2D eigenvalue weighted by Crippen LogP contribution is -2.56. The van der Waals surface area contributed by atoms with E-state index in [4.69, 9.17) is 4.74 Å². The Balaban J connectivity index is 1.44. The smallest absolute Gasteiger partial charge is 0.249 e. The fraction of sp³-hybridized carbons (Fsp3) is 0.348. The van der Waals surface area contributed by atoms with Gasteiger partial charge < -0.3 is 19.9 Å². The molecule has 32 heavy (non-hydrogen) atoms. The van der Waals surface area contributed by atoms with E-state index in [1.54, 1.807) is 18.2 Å². The number of para-hydroxylation sites is 1. The van der Waals surface area contributed by atoms with Crippen LogP contribution in [0.15, 0.2) is 47.5 Å². The maximum atomic E-state index is 14.1. The lowest BCUT2D eigenvalue weighted by molar-refractivity contribution is -0.125. The molecule has 9 heteroatoms. The summed E-state index contributed by atoms with van der Waals surface area (Å²) in [6, 6.07) is 11.3. The van der Waals surface area contributed by atoms with Crippen molar-refractivity contribution in [3.8, 4) is 5.75 Å². The summed E-state index contributed by atoms with van der Waals surface area (Å²) in [5.41, 5.74) is 2.07. The molecule has 2 aromatic carbocycles. The van der Waals surface area contributed by atoms with Gasteiger partial charge in [-0.2, -0.15) is 0 Å². The number of nitrogens with zero attached hydrogens (tertiary/aromatic N) is 3. The first-order valence-corrected chi connectivity index (χ1v) is 10.5. The van der Waals surface area contributed by atoms with E-state index in [2.05, 4.69) is 15.6 Å². The van der Waals surface area contributed by atoms with Crippen molar-refractivity contribution in [2.75, 3.05) is 43.5 Å². The second-order valence-corrected chi connectivity index (χ2v) is 7.84. The lowest BCUT2D eigenvalue weighted by atomic mass is 10.1. The maximum Gasteiger partial charge on any atom is 0.249 e. The Morgan fingerprint density at radius 2 is 1.88 bits per heavy atom. The number of rotatable bonds is 4. The number of nitrogens with one attached hydrogen (secondary N) is 2. The Hall–Kier alpha value is -3.62. The second-order valence-electron chi connectivity index (χ2n) is 7.84. The molecule has 4 rings (SSSR count). The van der Waals surface area contributed by atoms with Crippen molar-refractivity contribution in [3.05, 3.63) is 53.8 Å². The topological polar surface area (TPSA) is 86.3 Å². The molecule has 0 unspecified atom stereocenters. The van der Waals surface area contributed by atoms with Crippen molar-refractivity contribution < 1.29 is 18.7 Å². The first-order chi connectivity index (χ1) is 15.4. The molecule has 2 aliphatic heterocycles. The monoisotopic (exact) mass is 439 g/mol. The highest BCUT2D eigenvalue weighted by atomic mass is 19.1. The van der Waals surface area contributed by atoms with Gasteiger partial charge in [-0.25, -0.2) is 9.38 Å². The van der Waals surface area contributed by atoms with Gasteiger partial charge in [-0.05, 0) is 36.8 Å². The van der Waals surface area contributed by atoms with E-state index in [1.165, 1.54) is 13.2 Å². The van der Waals surface area contributed by atoms with Gasteiger partial charge in [-0.3, -0.25) is 14.9 Å². The number of carbonyl (C=O) groups is 2. The van der Waals surface area contributed by atoms with E-state index in [1.807, 2.05) is 34.9 Å². The maximum absolute atomic E-state index is 14.1. The Labute approximate surface area is 186 Å². The molecule has 0 bridgehead atoms. The number of guanidine groups is 1. The van der Waals surface area contributed by atoms with Crippen LogP contribution in [0.3, 0.4) is 0 Å². The van der Waals surface area contributed by atoms with Crippen LogP contribution < -0.4 is 20.3 Å². The van der Waals surface area contributed by atoms with Crippen molar-refractivity contribution in [3.63, 3.8) is 0 Å². The van der Waals surface area contributed by atoms with Gasteiger partial charge in [0.05, 0.1) is 24.9 Å². The Kier molecular flexibility index (Phi) is 6.25. The average Bonchev–Trinajstić information content (AvgIpc) is 2.79. The largest absolute Gasteiger partial charge is 0.495 e. The zero-order chi connectivity index (χ0) is 22.7. The molecular formula is C23H26FN5O3. The lowest BCUT2D eigenvalue weighted by Gasteiger charge is -2.38. The van der Waals surface area contributed by atoms with E-state index in [0.717, 1.165) is 5.56 Å². The molecule has 0 aliphatic carbocycles. The SMILES string of the molecule is COc1ccc(C)cc1NC(=O)[C@H]1CC(=O)NC(N2CCN(c3ccccc3F)CC2)=N1. The fourth-order valence-corrected chi connectivity index (χ4v) is 3.89. The van der Waals surface area contributed by atoms with Crippen molar-refractivity contribution in [2.24, 2.45) is 4.99 Å². The summed E-state index contributed by atoms with van der Waals surface area (Å²) in [6.45, 7) is 4.17. The molecule has 1 atom stereocenters. The highest BCUT2D eigenvalue weighted by molar-refractivity contribution is 6.06. The Morgan fingerprint density at radius 1 is 1.16 bits per heavy atom. The number of piperazine rings is 1. The fourth-order valence-electron chi connectivity index (χ4n) is 3.89. The van der Waals surface area contributed by atoms with Gasteiger partial charge in [0, 0.05) is 26.2 Å². The zero-order valence-electron chi connectivity index (χ0n) is 18.1. The average molecular weight is 439 g/mol. The molecule has 1 saturated heterocycles. The van der Waals surface area contributed by atoms with Crippen molar-refractivity contribution in [2.45, 2.75) is 19.4 Å². The van der Waals surface area contributed by atoms with E-state index >= 15 is 0 Å². The third-order valence-corrected chi connectivity index (χ3v) is 5.60. The van der Waals surface area contributed by atoms with Crippen LogP contribution >= 0.6 is 0 Å². The minimum Gasteiger partial charge on any atom is -0.495 e. The number of benzene rings is 2. The summed E-state index contributed by atoms with van der Waals surface area (Å²) < 4.78 is 19.4.